The molecule has 0 aliphatic carbocycles. The molecule has 23 heavy (non-hydrogen) atoms. The van der Waals surface area contributed by atoms with Gasteiger partial charge in [0.15, 0.2) is 0 Å². The average molecular weight is 330 g/mol. The van der Waals surface area contributed by atoms with Crippen LogP contribution < -0.4 is 9.46 Å². The van der Waals surface area contributed by atoms with Crippen molar-refractivity contribution in [1.29, 1.82) is 5.26 Å². The topological polar surface area (TPSA) is 96.3 Å². The second-order valence-corrected chi connectivity index (χ2v) is 6.19. The minimum Gasteiger partial charge on any atom is -0.493 e. The quantitative estimate of drug-likeness (QED) is 0.905. The van der Waals surface area contributed by atoms with Gasteiger partial charge in [-0.3, -0.25) is 4.79 Å². The number of amides is 1. The largest absolute Gasteiger partial charge is 0.493 e. The van der Waals surface area contributed by atoms with Gasteiger partial charge in [0.1, 0.15) is 5.75 Å². The average Bonchev–Trinajstić information content (AvgIpc) is 2.55. The van der Waals surface area contributed by atoms with E-state index in [0.29, 0.717) is 12.4 Å². The maximum atomic E-state index is 12.3. The third-order valence-corrected chi connectivity index (χ3v) is 4.26. The lowest BCUT2D eigenvalue weighted by Crippen LogP contribution is -2.31. The highest BCUT2D eigenvalue weighted by molar-refractivity contribution is 7.90. The van der Waals surface area contributed by atoms with Gasteiger partial charge in [0.2, 0.25) is 0 Å². The molecule has 0 aliphatic rings. The normalized spacial score (nSPS) is 10.6. The van der Waals surface area contributed by atoms with Crippen LogP contribution in [0.5, 0.6) is 5.75 Å². The Morgan fingerprint density at radius 2 is 1.96 bits per heavy atom. The van der Waals surface area contributed by atoms with Crippen molar-refractivity contribution >= 4 is 15.9 Å². The summed E-state index contributed by atoms with van der Waals surface area (Å²) in [6.45, 7) is 2.11. The Morgan fingerprint density at radius 1 is 1.22 bits per heavy atom. The summed E-state index contributed by atoms with van der Waals surface area (Å²) in [5, 5.41) is 8.83. The summed E-state index contributed by atoms with van der Waals surface area (Å²) in [7, 11) is -4.08. The van der Waals surface area contributed by atoms with E-state index in [4.69, 9.17) is 10.00 Å². The summed E-state index contributed by atoms with van der Waals surface area (Å²) in [6, 6.07) is 13.6. The minimum atomic E-state index is -4.08. The first-order chi connectivity index (χ1) is 11.0. The Morgan fingerprint density at radius 3 is 2.65 bits per heavy atom. The first-order valence-electron chi connectivity index (χ1n) is 6.77. The Bertz CT molecular complexity index is 870. The molecule has 7 heteroatoms. The summed E-state index contributed by atoms with van der Waals surface area (Å²) in [5.41, 5.74) is 0.310. The van der Waals surface area contributed by atoms with Crippen molar-refractivity contribution in [3.8, 4) is 11.8 Å². The number of nitrogens with one attached hydrogen (secondary N) is 1. The summed E-state index contributed by atoms with van der Waals surface area (Å²) < 4.78 is 31.8. The van der Waals surface area contributed by atoms with Gasteiger partial charge in [-0.1, -0.05) is 18.2 Å². The van der Waals surface area contributed by atoms with Gasteiger partial charge in [-0.25, -0.2) is 13.1 Å². The van der Waals surface area contributed by atoms with Crippen molar-refractivity contribution < 1.29 is 17.9 Å². The molecule has 118 valence electrons. The van der Waals surface area contributed by atoms with Crippen molar-refractivity contribution in [2.24, 2.45) is 0 Å². The molecule has 0 radical (unpaired) electrons. The van der Waals surface area contributed by atoms with Crippen LogP contribution in [0, 0.1) is 11.3 Å². The number of hydrogen-bond donors (Lipinski definition) is 1. The van der Waals surface area contributed by atoms with Gasteiger partial charge in [0.05, 0.1) is 28.7 Å². The highest BCUT2D eigenvalue weighted by atomic mass is 32.2. The molecule has 0 aliphatic heterocycles. The van der Waals surface area contributed by atoms with Gasteiger partial charge in [-0.2, -0.15) is 5.26 Å². The Balaban J connectivity index is 2.30. The molecule has 0 saturated carbocycles. The number of nitrogens with zero attached hydrogens (tertiary/aromatic N) is 1. The zero-order chi connectivity index (χ0) is 16.9. The summed E-state index contributed by atoms with van der Waals surface area (Å²) in [4.78, 5) is 12.1. The van der Waals surface area contributed by atoms with Crippen molar-refractivity contribution in [3.05, 3.63) is 59.7 Å². The zero-order valence-corrected chi connectivity index (χ0v) is 13.1. The van der Waals surface area contributed by atoms with Gasteiger partial charge in [0, 0.05) is 0 Å². The number of ether oxygens (including phenoxy) is 1. The fraction of sp³-hybridized carbons (Fsp3) is 0.125. The van der Waals surface area contributed by atoms with E-state index in [1.54, 1.807) is 25.1 Å². The van der Waals surface area contributed by atoms with E-state index in [2.05, 4.69) is 0 Å². The van der Waals surface area contributed by atoms with Gasteiger partial charge in [-0.05, 0) is 37.3 Å². The molecule has 0 spiro atoms. The van der Waals surface area contributed by atoms with E-state index in [1.807, 2.05) is 10.8 Å². The van der Waals surface area contributed by atoms with Gasteiger partial charge in [-0.15, -0.1) is 0 Å². The molecule has 1 N–H and O–H groups in total. The third-order valence-electron chi connectivity index (χ3n) is 2.93. The molecule has 0 saturated heterocycles. The van der Waals surface area contributed by atoms with Crippen LogP contribution in [0.3, 0.4) is 0 Å². The van der Waals surface area contributed by atoms with Crippen molar-refractivity contribution in [2.75, 3.05) is 6.61 Å². The fourth-order valence-corrected chi connectivity index (χ4v) is 2.92. The summed E-state index contributed by atoms with van der Waals surface area (Å²) in [6.07, 6.45) is 0. The molecule has 2 aromatic rings. The van der Waals surface area contributed by atoms with Crippen LogP contribution in [0.1, 0.15) is 22.8 Å². The first-order valence-corrected chi connectivity index (χ1v) is 8.25. The number of para-hydroxylation sites is 1. The molecule has 1 amide bonds. The highest BCUT2D eigenvalue weighted by Crippen LogP contribution is 2.19. The molecule has 0 fully saturated rings. The van der Waals surface area contributed by atoms with Crippen LogP contribution in [0.2, 0.25) is 0 Å². The highest BCUT2D eigenvalue weighted by Gasteiger charge is 2.21. The molecular formula is C16H14N2O4S. The molecule has 0 aromatic heterocycles. The maximum absolute atomic E-state index is 12.3. The molecule has 0 atom stereocenters. The van der Waals surface area contributed by atoms with Crippen LogP contribution in [0.4, 0.5) is 0 Å². The molecule has 0 unspecified atom stereocenters. The van der Waals surface area contributed by atoms with E-state index < -0.39 is 15.9 Å². The SMILES string of the molecule is CCOc1ccccc1C(=O)NS(=O)(=O)c1cccc(C#N)c1. The van der Waals surface area contributed by atoms with Crippen molar-refractivity contribution in [2.45, 2.75) is 11.8 Å². The maximum Gasteiger partial charge on any atom is 0.268 e. The second-order valence-electron chi connectivity index (χ2n) is 4.50. The summed E-state index contributed by atoms with van der Waals surface area (Å²) >= 11 is 0. The Kier molecular flexibility index (Phi) is 4.98. The molecular weight excluding hydrogens is 316 g/mol. The van der Waals surface area contributed by atoms with Crippen LogP contribution in [-0.4, -0.2) is 20.9 Å². The lowest BCUT2D eigenvalue weighted by atomic mass is 10.2. The van der Waals surface area contributed by atoms with Crippen LogP contribution in [0.25, 0.3) is 0 Å². The number of benzene rings is 2. The van der Waals surface area contributed by atoms with E-state index in [1.165, 1.54) is 30.3 Å². The van der Waals surface area contributed by atoms with Gasteiger partial charge in [0.25, 0.3) is 15.9 Å². The summed E-state index contributed by atoms with van der Waals surface area (Å²) in [5.74, 6) is -0.495. The second kappa shape index (κ2) is 6.94. The number of nitriles is 1. The van der Waals surface area contributed by atoms with E-state index in [0.717, 1.165) is 0 Å². The lowest BCUT2D eigenvalue weighted by molar-refractivity contribution is 0.0977. The molecule has 6 nitrogen and oxygen atoms in total. The Hall–Kier alpha value is -2.85. The van der Waals surface area contributed by atoms with Crippen LogP contribution >= 0.6 is 0 Å². The van der Waals surface area contributed by atoms with E-state index >= 15 is 0 Å². The van der Waals surface area contributed by atoms with E-state index in [-0.39, 0.29) is 16.0 Å². The number of hydrogen-bond acceptors (Lipinski definition) is 5. The number of rotatable bonds is 5. The van der Waals surface area contributed by atoms with Crippen LogP contribution in [-0.2, 0) is 10.0 Å². The van der Waals surface area contributed by atoms with Crippen molar-refractivity contribution in [3.63, 3.8) is 0 Å². The molecule has 2 aromatic carbocycles. The Labute approximate surface area is 134 Å². The number of carbonyl (C=O) groups is 1. The lowest BCUT2D eigenvalue weighted by Gasteiger charge is -2.11. The fourth-order valence-electron chi connectivity index (χ4n) is 1.90. The zero-order valence-electron chi connectivity index (χ0n) is 12.3. The standard InChI is InChI=1S/C16H14N2O4S/c1-2-22-15-9-4-3-8-14(15)16(19)18-23(20,21)13-7-5-6-12(10-13)11-17/h3-10H,2H2,1H3,(H,18,19). The molecule has 2 rings (SSSR count). The van der Waals surface area contributed by atoms with Crippen molar-refractivity contribution in [1.82, 2.24) is 4.72 Å². The van der Waals surface area contributed by atoms with Gasteiger partial charge < -0.3 is 4.74 Å². The minimum absolute atomic E-state index is 0.120. The first kappa shape index (κ1) is 16.5. The van der Waals surface area contributed by atoms with Crippen LogP contribution in [0.15, 0.2) is 53.4 Å². The smallest absolute Gasteiger partial charge is 0.268 e. The molecule has 0 bridgehead atoms. The predicted octanol–water partition coefficient (Wildman–Crippen LogP) is 2.08. The number of sulfonamides is 1. The monoisotopic (exact) mass is 330 g/mol. The number of carbonyl (C=O) groups excluding carboxylic acids is 1. The van der Waals surface area contributed by atoms with Gasteiger partial charge >= 0.3 is 0 Å². The predicted molar refractivity (Wildman–Crippen MR) is 83.4 cm³/mol. The molecule has 0 heterocycles. The third kappa shape index (κ3) is 3.87. The van der Waals surface area contributed by atoms with E-state index in [9.17, 15) is 13.2 Å².